The summed E-state index contributed by atoms with van der Waals surface area (Å²) < 4.78 is 5.64. The lowest BCUT2D eigenvalue weighted by Crippen LogP contribution is -2.28. The largest absolute Gasteiger partial charge is 0.492 e. The number of halogens is 1. The fraction of sp³-hybridized carbons (Fsp3) is 0.278. The van der Waals surface area contributed by atoms with E-state index in [-0.39, 0.29) is 5.91 Å². The second-order valence-corrected chi connectivity index (χ2v) is 5.65. The highest BCUT2D eigenvalue weighted by Crippen LogP contribution is 2.20. The summed E-state index contributed by atoms with van der Waals surface area (Å²) in [6, 6.07) is 16.9. The van der Waals surface area contributed by atoms with Gasteiger partial charge in [0.15, 0.2) is 0 Å². The van der Waals surface area contributed by atoms with Gasteiger partial charge in [0, 0.05) is 19.5 Å². The van der Waals surface area contributed by atoms with Crippen molar-refractivity contribution in [3.05, 3.63) is 59.6 Å². The first kappa shape index (κ1) is 17.3. The van der Waals surface area contributed by atoms with Crippen LogP contribution in [-0.4, -0.2) is 37.6 Å². The number of nitrogens with one attached hydrogen (secondary N) is 1. The number of hydrogen-bond donors (Lipinski definition) is 1. The average Bonchev–Trinajstić information content (AvgIpc) is 2.56. The van der Waals surface area contributed by atoms with E-state index in [1.54, 1.807) is 12.1 Å². The molecule has 122 valence electrons. The Morgan fingerprint density at radius 3 is 2.52 bits per heavy atom. The third-order valence-electron chi connectivity index (χ3n) is 3.35. The summed E-state index contributed by atoms with van der Waals surface area (Å²) in [5, 5.41) is 3.37. The van der Waals surface area contributed by atoms with E-state index in [0.29, 0.717) is 30.3 Å². The summed E-state index contributed by atoms with van der Waals surface area (Å²) in [7, 11) is 1.97. The molecule has 0 aromatic heterocycles. The van der Waals surface area contributed by atoms with Crippen LogP contribution in [0.3, 0.4) is 0 Å². The number of nitrogens with zero attached hydrogens (tertiary/aromatic N) is 1. The van der Waals surface area contributed by atoms with Crippen LogP contribution >= 0.6 is 11.6 Å². The van der Waals surface area contributed by atoms with Gasteiger partial charge < -0.3 is 15.0 Å². The van der Waals surface area contributed by atoms with Crippen LogP contribution in [0.5, 0.6) is 5.75 Å². The van der Waals surface area contributed by atoms with Gasteiger partial charge in [-0.1, -0.05) is 41.9 Å². The molecule has 1 N–H and O–H groups in total. The predicted octanol–water partition coefficient (Wildman–Crippen LogP) is 3.68. The maximum absolute atomic E-state index is 11.9. The Hall–Kier alpha value is -2.04. The fourth-order valence-electron chi connectivity index (χ4n) is 2.02. The van der Waals surface area contributed by atoms with Gasteiger partial charge in [-0.15, -0.1) is 0 Å². The molecule has 4 nitrogen and oxygen atoms in total. The second-order valence-electron chi connectivity index (χ2n) is 5.24. The molecule has 0 saturated heterocycles. The lowest BCUT2D eigenvalue weighted by molar-refractivity contribution is -0.116. The minimum absolute atomic E-state index is 0.0473. The Kier molecular flexibility index (Phi) is 6.91. The number of likely N-dealkylation sites (N-methyl/N-ethyl adjacent to an activating group) is 1. The zero-order valence-electron chi connectivity index (χ0n) is 13.2. The van der Waals surface area contributed by atoms with Crippen molar-refractivity contribution in [2.75, 3.05) is 32.1 Å². The molecule has 0 atom stereocenters. The average molecular weight is 333 g/mol. The maximum Gasteiger partial charge on any atom is 0.225 e. The predicted molar refractivity (Wildman–Crippen MR) is 94.1 cm³/mol. The summed E-state index contributed by atoms with van der Waals surface area (Å²) >= 11 is 6.02. The number of anilines is 1. The van der Waals surface area contributed by atoms with Gasteiger partial charge in [-0.2, -0.15) is 0 Å². The van der Waals surface area contributed by atoms with Gasteiger partial charge in [0.05, 0.1) is 10.7 Å². The lowest BCUT2D eigenvalue weighted by atomic mass is 10.3. The number of carbonyl (C=O) groups excluding carboxylic acids is 1. The molecule has 0 aliphatic heterocycles. The number of benzene rings is 2. The topological polar surface area (TPSA) is 41.6 Å². The Bertz CT molecular complexity index is 619. The normalized spacial score (nSPS) is 10.6. The maximum atomic E-state index is 11.9. The van der Waals surface area contributed by atoms with Crippen LogP contribution in [0.25, 0.3) is 0 Å². The molecule has 1 amide bonds. The number of hydrogen-bond acceptors (Lipinski definition) is 3. The van der Waals surface area contributed by atoms with Crippen molar-refractivity contribution >= 4 is 23.2 Å². The first-order chi connectivity index (χ1) is 11.1. The van der Waals surface area contributed by atoms with Crippen LogP contribution in [0.15, 0.2) is 54.6 Å². The lowest BCUT2D eigenvalue weighted by Gasteiger charge is -2.17. The first-order valence-corrected chi connectivity index (χ1v) is 7.94. The molecule has 0 aliphatic rings. The van der Waals surface area contributed by atoms with Gasteiger partial charge in [-0.3, -0.25) is 4.79 Å². The van der Waals surface area contributed by atoms with Gasteiger partial charge >= 0.3 is 0 Å². The molecule has 0 heterocycles. The Morgan fingerprint density at radius 1 is 1.09 bits per heavy atom. The monoisotopic (exact) mass is 332 g/mol. The molecule has 2 aromatic rings. The molecule has 2 rings (SSSR count). The zero-order chi connectivity index (χ0) is 16.5. The van der Waals surface area contributed by atoms with Crippen molar-refractivity contribution in [1.82, 2.24) is 4.90 Å². The van der Waals surface area contributed by atoms with Crippen molar-refractivity contribution in [2.24, 2.45) is 0 Å². The quantitative estimate of drug-likeness (QED) is 0.801. The summed E-state index contributed by atoms with van der Waals surface area (Å²) in [6.45, 7) is 2.01. The SMILES string of the molecule is CN(CCOc1ccccc1)CCC(=O)Nc1ccccc1Cl. The van der Waals surface area contributed by atoms with Crippen LogP contribution in [0, 0.1) is 0 Å². The van der Waals surface area contributed by atoms with E-state index in [4.69, 9.17) is 16.3 Å². The van der Waals surface area contributed by atoms with E-state index < -0.39 is 0 Å². The number of carbonyl (C=O) groups is 1. The third kappa shape index (κ3) is 6.30. The molecular formula is C18H21ClN2O2. The molecule has 0 aliphatic carbocycles. The number of amides is 1. The van der Waals surface area contributed by atoms with Crippen LogP contribution in [-0.2, 0) is 4.79 Å². The highest BCUT2D eigenvalue weighted by Gasteiger charge is 2.07. The van der Waals surface area contributed by atoms with Crippen molar-refractivity contribution in [1.29, 1.82) is 0 Å². The number of ether oxygens (including phenoxy) is 1. The molecular weight excluding hydrogens is 312 g/mol. The molecule has 0 fully saturated rings. The molecule has 2 aromatic carbocycles. The summed E-state index contributed by atoms with van der Waals surface area (Å²) in [6.07, 6.45) is 0.410. The molecule has 0 unspecified atom stereocenters. The minimum Gasteiger partial charge on any atom is -0.492 e. The highest BCUT2D eigenvalue weighted by molar-refractivity contribution is 6.33. The zero-order valence-corrected chi connectivity index (χ0v) is 13.9. The van der Waals surface area contributed by atoms with Crippen LogP contribution in [0.1, 0.15) is 6.42 Å². The molecule has 23 heavy (non-hydrogen) atoms. The number of para-hydroxylation sites is 2. The van der Waals surface area contributed by atoms with Gasteiger partial charge in [0.2, 0.25) is 5.91 Å². The highest BCUT2D eigenvalue weighted by atomic mass is 35.5. The molecule has 0 spiro atoms. The van der Waals surface area contributed by atoms with E-state index in [1.807, 2.05) is 49.5 Å². The van der Waals surface area contributed by atoms with Crippen molar-refractivity contribution in [3.8, 4) is 5.75 Å². The van der Waals surface area contributed by atoms with E-state index >= 15 is 0 Å². The molecule has 0 bridgehead atoms. The van der Waals surface area contributed by atoms with E-state index in [1.165, 1.54) is 0 Å². The van der Waals surface area contributed by atoms with E-state index in [0.717, 1.165) is 12.3 Å². The Balaban J connectivity index is 1.65. The smallest absolute Gasteiger partial charge is 0.225 e. The Labute approximate surface area is 142 Å². The van der Waals surface area contributed by atoms with Crippen LogP contribution in [0.2, 0.25) is 5.02 Å². The molecule has 0 saturated carbocycles. The number of rotatable bonds is 8. The van der Waals surface area contributed by atoms with Gasteiger partial charge in [0.1, 0.15) is 12.4 Å². The summed E-state index contributed by atoms with van der Waals surface area (Å²) in [5.74, 6) is 0.811. The van der Waals surface area contributed by atoms with Crippen LogP contribution in [0.4, 0.5) is 5.69 Å². The van der Waals surface area contributed by atoms with Crippen molar-refractivity contribution in [3.63, 3.8) is 0 Å². The molecule has 5 heteroatoms. The van der Waals surface area contributed by atoms with E-state index in [9.17, 15) is 4.79 Å². The second kappa shape index (κ2) is 9.18. The molecule has 0 radical (unpaired) electrons. The van der Waals surface area contributed by atoms with Gasteiger partial charge in [-0.25, -0.2) is 0 Å². The van der Waals surface area contributed by atoms with Crippen LogP contribution < -0.4 is 10.1 Å². The standard InChI is InChI=1S/C18H21ClN2O2/c1-21(13-14-23-15-7-3-2-4-8-15)12-11-18(22)20-17-10-6-5-9-16(17)19/h2-10H,11-14H2,1H3,(H,20,22). The van der Waals surface area contributed by atoms with Gasteiger partial charge in [-0.05, 0) is 31.3 Å². The summed E-state index contributed by atoms with van der Waals surface area (Å²) in [5.41, 5.74) is 0.647. The third-order valence-corrected chi connectivity index (χ3v) is 3.68. The van der Waals surface area contributed by atoms with Crippen molar-refractivity contribution in [2.45, 2.75) is 6.42 Å². The summed E-state index contributed by atoms with van der Waals surface area (Å²) in [4.78, 5) is 14.0. The minimum atomic E-state index is -0.0473. The van der Waals surface area contributed by atoms with E-state index in [2.05, 4.69) is 10.2 Å². The Morgan fingerprint density at radius 2 is 1.78 bits per heavy atom. The first-order valence-electron chi connectivity index (χ1n) is 7.56. The fourth-order valence-corrected chi connectivity index (χ4v) is 2.20. The van der Waals surface area contributed by atoms with Crippen molar-refractivity contribution < 1.29 is 9.53 Å². The van der Waals surface area contributed by atoms with Gasteiger partial charge in [0.25, 0.3) is 0 Å².